The van der Waals surface area contributed by atoms with E-state index in [0.29, 0.717) is 11.2 Å². The molecule has 0 spiro atoms. The van der Waals surface area contributed by atoms with Gasteiger partial charge in [-0.3, -0.25) is 0 Å². The van der Waals surface area contributed by atoms with Crippen molar-refractivity contribution in [2.24, 2.45) is 0 Å². The highest BCUT2D eigenvalue weighted by Crippen LogP contribution is 2.39. The van der Waals surface area contributed by atoms with Gasteiger partial charge in [0.1, 0.15) is 16.7 Å². The molecule has 3 rings (SSSR count). The summed E-state index contributed by atoms with van der Waals surface area (Å²) in [6, 6.07) is 2.09. The minimum Gasteiger partial charge on any atom is -0.381 e. The monoisotopic (exact) mass is 279 g/mol. The molecule has 104 valence electrons. The third kappa shape index (κ3) is 3.60. The summed E-state index contributed by atoms with van der Waals surface area (Å²) in [6.07, 6.45) is 4.75. The Morgan fingerprint density at radius 1 is 1.26 bits per heavy atom. The molecule has 5 heteroatoms. The molecule has 2 heterocycles. The Morgan fingerprint density at radius 3 is 2.74 bits per heavy atom. The zero-order chi connectivity index (χ0) is 13.1. The van der Waals surface area contributed by atoms with Crippen molar-refractivity contribution < 1.29 is 4.74 Å². The van der Waals surface area contributed by atoms with Crippen LogP contribution in [0, 0.1) is 0 Å². The summed E-state index contributed by atoms with van der Waals surface area (Å²) in [5, 5.41) is 5.09. The molecule has 1 aromatic rings. The summed E-state index contributed by atoms with van der Waals surface area (Å²) in [5.74, 6) is 2.62. The van der Waals surface area contributed by atoms with Gasteiger partial charge in [-0.1, -0.05) is 0 Å². The molecule has 2 aliphatic rings. The van der Waals surface area contributed by atoms with Crippen LogP contribution in [0.1, 0.15) is 44.3 Å². The van der Waals surface area contributed by atoms with Crippen molar-refractivity contribution >= 4 is 17.6 Å². The number of hydrogen-bond donors (Lipinski definition) is 1. The number of hydrogen-bond acceptors (Lipinski definition) is 5. The van der Waals surface area contributed by atoms with Gasteiger partial charge < -0.3 is 10.1 Å². The quantitative estimate of drug-likeness (QED) is 0.839. The first kappa shape index (κ1) is 13.2. The van der Waals surface area contributed by atoms with Crippen molar-refractivity contribution in [1.29, 1.82) is 0 Å². The summed E-state index contributed by atoms with van der Waals surface area (Å²) in [4.78, 5) is 9.36. The standard InChI is InChI=1S/C14H21N3OS/c1-2-15-12-9-13(17-14(16-12)10-3-4-10)19-11-5-7-18-8-6-11/h9-11H,2-8H2,1H3,(H,15,16,17). The average Bonchev–Trinajstić information content (AvgIpc) is 3.24. The van der Waals surface area contributed by atoms with Gasteiger partial charge in [0.15, 0.2) is 0 Å². The van der Waals surface area contributed by atoms with Gasteiger partial charge in [0.2, 0.25) is 0 Å². The van der Waals surface area contributed by atoms with Gasteiger partial charge >= 0.3 is 0 Å². The second-order valence-corrected chi connectivity index (χ2v) is 6.50. The van der Waals surface area contributed by atoms with Crippen LogP contribution in [-0.4, -0.2) is 35.0 Å². The molecule has 19 heavy (non-hydrogen) atoms. The van der Waals surface area contributed by atoms with E-state index in [9.17, 15) is 0 Å². The van der Waals surface area contributed by atoms with Gasteiger partial charge in [0.05, 0.1) is 0 Å². The van der Waals surface area contributed by atoms with Crippen molar-refractivity contribution in [3.63, 3.8) is 0 Å². The molecule has 1 aliphatic heterocycles. The highest BCUT2D eigenvalue weighted by molar-refractivity contribution is 7.99. The Bertz CT molecular complexity index is 431. The Labute approximate surface area is 118 Å². The van der Waals surface area contributed by atoms with Crippen LogP contribution >= 0.6 is 11.8 Å². The lowest BCUT2D eigenvalue weighted by atomic mass is 10.2. The maximum atomic E-state index is 5.41. The van der Waals surface area contributed by atoms with E-state index in [1.807, 2.05) is 11.8 Å². The average molecular weight is 279 g/mol. The van der Waals surface area contributed by atoms with Crippen LogP contribution in [0.25, 0.3) is 0 Å². The molecule has 1 N–H and O–H groups in total. The van der Waals surface area contributed by atoms with Crippen LogP contribution in [0.4, 0.5) is 5.82 Å². The highest BCUT2D eigenvalue weighted by atomic mass is 32.2. The van der Waals surface area contributed by atoms with E-state index >= 15 is 0 Å². The lowest BCUT2D eigenvalue weighted by molar-refractivity contribution is 0.1000. The second-order valence-electron chi connectivity index (χ2n) is 5.18. The lowest BCUT2D eigenvalue weighted by Crippen LogP contribution is -2.17. The van der Waals surface area contributed by atoms with E-state index in [0.717, 1.165) is 49.3 Å². The molecule has 0 atom stereocenters. The maximum absolute atomic E-state index is 5.41. The van der Waals surface area contributed by atoms with Crippen LogP contribution in [0.15, 0.2) is 11.1 Å². The van der Waals surface area contributed by atoms with Crippen molar-refractivity contribution in [3.05, 3.63) is 11.9 Å². The van der Waals surface area contributed by atoms with Gasteiger partial charge in [0, 0.05) is 37.0 Å². The molecule has 0 radical (unpaired) electrons. The highest BCUT2D eigenvalue weighted by Gasteiger charge is 2.28. The number of aromatic nitrogens is 2. The first-order valence-corrected chi connectivity index (χ1v) is 8.10. The van der Waals surface area contributed by atoms with Crippen LogP contribution in [-0.2, 0) is 4.74 Å². The van der Waals surface area contributed by atoms with Gasteiger partial charge in [-0.2, -0.15) is 0 Å². The Hall–Kier alpha value is -0.810. The number of nitrogens with zero attached hydrogens (tertiary/aromatic N) is 2. The molecule has 1 aliphatic carbocycles. The maximum Gasteiger partial charge on any atom is 0.135 e. The van der Waals surface area contributed by atoms with E-state index < -0.39 is 0 Å². The minimum absolute atomic E-state index is 0.604. The molecule has 2 fully saturated rings. The summed E-state index contributed by atoms with van der Waals surface area (Å²) < 4.78 is 5.41. The lowest BCUT2D eigenvalue weighted by Gasteiger charge is -2.21. The number of thioether (sulfide) groups is 1. The fourth-order valence-corrected chi connectivity index (χ4v) is 3.36. The Morgan fingerprint density at radius 2 is 2.05 bits per heavy atom. The van der Waals surface area contributed by atoms with Gasteiger partial charge in [-0.25, -0.2) is 9.97 Å². The number of rotatable bonds is 5. The topological polar surface area (TPSA) is 47.0 Å². The van der Waals surface area contributed by atoms with Crippen LogP contribution in [0.5, 0.6) is 0 Å². The van der Waals surface area contributed by atoms with Crippen molar-refractivity contribution in [2.75, 3.05) is 25.1 Å². The molecule has 1 saturated carbocycles. The van der Waals surface area contributed by atoms with Crippen LogP contribution < -0.4 is 5.32 Å². The Balaban J connectivity index is 1.74. The predicted octanol–water partition coefficient (Wildman–Crippen LogP) is 3.06. The van der Waals surface area contributed by atoms with Gasteiger partial charge in [0.25, 0.3) is 0 Å². The van der Waals surface area contributed by atoms with Gasteiger partial charge in [-0.05, 0) is 32.6 Å². The fourth-order valence-electron chi connectivity index (χ4n) is 2.26. The Kier molecular flexibility index (Phi) is 4.23. The van der Waals surface area contributed by atoms with E-state index in [2.05, 4.69) is 23.3 Å². The SMILES string of the molecule is CCNc1cc(SC2CCOCC2)nc(C2CC2)n1. The van der Waals surface area contributed by atoms with Crippen molar-refractivity contribution in [1.82, 2.24) is 9.97 Å². The second kappa shape index (κ2) is 6.09. The molecule has 0 aromatic carbocycles. The number of ether oxygens (including phenoxy) is 1. The molecule has 1 saturated heterocycles. The summed E-state index contributed by atoms with van der Waals surface area (Å²) in [6.45, 7) is 4.78. The summed E-state index contributed by atoms with van der Waals surface area (Å²) in [5.41, 5.74) is 0. The minimum atomic E-state index is 0.604. The van der Waals surface area contributed by atoms with E-state index in [1.54, 1.807) is 0 Å². The van der Waals surface area contributed by atoms with Crippen LogP contribution in [0.3, 0.4) is 0 Å². The van der Waals surface area contributed by atoms with Gasteiger partial charge in [-0.15, -0.1) is 11.8 Å². The molecule has 0 amide bonds. The predicted molar refractivity (Wildman–Crippen MR) is 77.9 cm³/mol. The molecule has 1 aromatic heterocycles. The molecular formula is C14H21N3OS. The normalized spacial score (nSPS) is 20.5. The summed E-state index contributed by atoms with van der Waals surface area (Å²) in [7, 11) is 0. The summed E-state index contributed by atoms with van der Waals surface area (Å²) >= 11 is 1.89. The van der Waals surface area contributed by atoms with E-state index in [4.69, 9.17) is 9.72 Å². The largest absolute Gasteiger partial charge is 0.381 e. The van der Waals surface area contributed by atoms with Crippen molar-refractivity contribution in [2.45, 2.75) is 48.8 Å². The number of nitrogens with one attached hydrogen (secondary N) is 1. The smallest absolute Gasteiger partial charge is 0.135 e. The third-order valence-corrected chi connectivity index (χ3v) is 4.73. The van der Waals surface area contributed by atoms with Crippen molar-refractivity contribution in [3.8, 4) is 0 Å². The van der Waals surface area contributed by atoms with E-state index in [1.165, 1.54) is 12.8 Å². The third-order valence-electron chi connectivity index (χ3n) is 3.48. The number of anilines is 1. The molecule has 0 bridgehead atoms. The first-order valence-electron chi connectivity index (χ1n) is 7.22. The zero-order valence-corrected chi connectivity index (χ0v) is 12.2. The first-order chi connectivity index (χ1) is 9.35. The zero-order valence-electron chi connectivity index (χ0n) is 11.4. The molecule has 0 unspecified atom stereocenters. The van der Waals surface area contributed by atoms with Crippen LogP contribution in [0.2, 0.25) is 0 Å². The molecular weight excluding hydrogens is 258 g/mol. The van der Waals surface area contributed by atoms with E-state index in [-0.39, 0.29) is 0 Å². The molecule has 4 nitrogen and oxygen atoms in total. The fraction of sp³-hybridized carbons (Fsp3) is 0.714.